The minimum atomic E-state index is -0.796. The third-order valence-corrected chi connectivity index (χ3v) is 17.9. The van der Waals surface area contributed by atoms with Gasteiger partial charge < -0.3 is 24.8 Å². The summed E-state index contributed by atoms with van der Waals surface area (Å²) in [6, 6.07) is 16.4. The van der Waals surface area contributed by atoms with Gasteiger partial charge in [0.05, 0.1) is 69.8 Å². The first-order valence-electron chi connectivity index (χ1n) is 29.3. The van der Waals surface area contributed by atoms with Crippen LogP contribution in [0.5, 0.6) is 0 Å². The Hall–Kier alpha value is -9.52. The van der Waals surface area contributed by atoms with E-state index in [4.69, 9.17) is 15.1 Å². The number of imidazole rings is 3. The normalized spacial score (nSPS) is 18.2. The average molecular weight is 1170 g/mol. The Kier molecular flexibility index (Phi) is 13.0. The molecule has 15 rings (SSSR count). The van der Waals surface area contributed by atoms with Crippen LogP contribution in [-0.4, -0.2) is 131 Å². The van der Waals surface area contributed by atoms with Crippen molar-refractivity contribution in [3.05, 3.63) is 181 Å². The molecular weight excluding hydrogens is 1110 g/mol. The summed E-state index contributed by atoms with van der Waals surface area (Å²) in [7, 11) is 2.10. The van der Waals surface area contributed by atoms with E-state index < -0.39 is 28.6 Å². The van der Waals surface area contributed by atoms with E-state index in [0.29, 0.717) is 95.8 Å². The Bertz CT molecular complexity index is 5020. The number of hydrogen-bond acceptors (Lipinski definition) is 15. The molecular formula is C63H59F3N18O3. The molecule has 0 saturated carbocycles. The van der Waals surface area contributed by atoms with Gasteiger partial charge in [0.1, 0.15) is 28.7 Å². The van der Waals surface area contributed by atoms with Crippen LogP contribution in [-0.2, 0) is 6.42 Å². The number of fused-ring (bicyclic) bond motifs is 6. The van der Waals surface area contributed by atoms with Crippen molar-refractivity contribution in [3.63, 3.8) is 0 Å². The van der Waals surface area contributed by atoms with E-state index >= 15 is 13.2 Å². The van der Waals surface area contributed by atoms with Crippen LogP contribution in [0.25, 0.3) is 77.9 Å². The molecule has 21 nitrogen and oxygen atoms in total. The van der Waals surface area contributed by atoms with E-state index in [0.717, 1.165) is 42.2 Å². The smallest absolute Gasteiger partial charge is 0.267 e. The molecule has 12 aromatic rings. The van der Waals surface area contributed by atoms with Crippen LogP contribution >= 0.6 is 0 Å². The number of benzene rings is 3. The van der Waals surface area contributed by atoms with E-state index in [9.17, 15) is 14.4 Å². The van der Waals surface area contributed by atoms with Crippen molar-refractivity contribution >= 4 is 55.3 Å². The van der Waals surface area contributed by atoms with E-state index in [2.05, 4.69) is 52.5 Å². The van der Waals surface area contributed by atoms with Crippen LogP contribution < -0.4 is 32.2 Å². The number of anilines is 1. The number of likely N-dealkylation sites (N-methyl/N-ethyl adjacent to an activating group) is 1. The van der Waals surface area contributed by atoms with Gasteiger partial charge >= 0.3 is 0 Å². The highest BCUT2D eigenvalue weighted by atomic mass is 19.1. The number of nitrogens with zero attached hydrogens (tertiary/aromatic N) is 16. The molecule has 0 bridgehead atoms. The van der Waals surface area contributed by atoms with Gasteiger partial charge in [-0.3, -0.25) is 23.5 Å². The van der Waals surface area contributed by atoms with Gasteiger partial charge in [-0.25, -0.2) is 56.7 Å². The lowest BCUT2D eigenvalue weighted by molar-refractivity contribution is 0.108. The Balaban J connectivity index is 0.693. The predicted octanol–water partition coefficient (Wildman–Crippen LogP) is 7.15. The minimum Gasteiger partial charge on any atom is -0.369 e. The molecule has 9 aromatic heterocycles. The summed E-state index contributed by atoms with van der Waals surface area (Å²) in [4.78, 5) is 75.0. The monoisotopic (exact) mass is 1170 g/mol. The minimum absolute atomic E-state index is 0.000631. The zero-order valence-corrected chi connectivity index (χ0v) is 48.3. The SMILES string of the molecule is Cc1cn2nc(-c3cc(F)c4c(=O)n(C5CCN(C)C(C6CN(c7ccc8c(=O)n(-c9cc(Cc%10cc(-c%11cc(F)c%12c(=O)n(C%13CCNCC%13)cnc%12c%11)c(F)c%11nc(C)cn%10%11)c%10nc(C)cn%10n9)cnc8c7)CCN6)C5)cnc4c3)cc(C)c2n1. The molecule has 0 spiro atoms. The first-order chi connectivity index (χ1) is 42.1. The summed E-state index contributed by atoms with van der Waals surface area (Å²) in [6.45, 7) is 11.7. The Labute approximate surface area is 493 Å². The number of piperidine rings is 2. The van der Waals surface area contributed by atoms with E-state index in [1.165, 1.54) is 40.0 Å². The Morgan fingerprint density at radius 2 is 1.30 bits per heavy atom. The maximum atomic E-state index is 16.8. The number of hydrogen-bond donors (Lipinski definition) is 2. The summed E-state index contributed by atoms with van der Waals surface area (Å²) in [6.07, 6.45) is 12.7. The number of nitrogens with one attached hydrogen (secondary N) is 2. The Morgan fingerprint density at radius 3 is 2.06 bits per heavy atom. The largest absolute Gasteiger partial charge is 0.369 e. The Morgan fingerprint density at radius 1 is 0.632 bits per heavy atom. The van der Waals surface area contributed by atoms with Crippen LogP contribution in [0.15, 0.2) is 113 Å². The maximum Gasteiger partial charge on any atom is 0.267 e. The van der Waals surface area contributed by atoms with Gasteiger partial charge in [-0.2, -0.15) is 5.10 Å². The number of aromatic nitrogens is 14. The summed E-state index contributed by atoms with van der Waals surface area (Å²) < 4.78 is 58.6. The molecule has 2 N–H and O–H groups in total. The van der Waals surface area contributed by atoms with Gasteiger partial charge in [0.2, 0.25) is 0 Å². The number of likely N-dealkylation sites (tertiary alicyclic amines) is 1. The molecule has 24 heteroatoms. The third-order valence-electron chi connectivity index (χ3n) is 17.9. The molecule has 3 aromatic carbocycles. The van der Waals surface area contributed by atoms with Crippen LogP contribution in [0.2, 0.25) is 0 Å². The van der Waals surface area contributed by atoms with E-state index in [-0.39, 0.29) is 80.5 Å². The van der Waals surface area contributed by atoms with Gasteiger partial charge in [-0.1, -0.05) is 0 Å². The van der Waals surface area contributed by atoms with Crippen molar-refractivity contribution in [1.82, 2.24) is 82.8 Å². The van der Waals surface area contributed by atoms with Crippen LogP contribution in [0, 0.1) is 45.1 Å². The summed E-state index contributed by atoms with van der Waals surface area (Å²) in [5.41, 5.74) is 7.37. The summed E-state index contributed by atoms with van der Waals surface area (Å²) >= 11 is 0. The van der Waals surface area contributed by atoms with Crippen molar-refractivity contribution in [3.8, 4) is 28.2 Å². The molecule has 3 atom stereocenters. The van der Waals surface area contributed by atoms with Crippen molar-refractivity contribution in [2.24, 2.45) is 0 Å². The summed E-state index contributed by atoms with van der Waals surface area (Å²) in [5.74, 6) is -1.83. The number of halogens is 3. The number of pyridine rings is 1. The van der Waals surface area contributed by atoms with E-state index in [1.807, 2.05) is 45.2 Å². The van der Waals surface area contributed by atoms with Crippen LogP contribution in [0.4, 0.5) is 18.9 Å². The molecule has 3 saturated heterocycles. The molecule has 3 fully saturated rings. The summed E-state index contributed by atoms with van der Waals surface area (Å²) in [5, 5.41) is 16.7. The van der Waals surface area contributed by atoms with Crippen molar-refractivity contribution < 1.29 is 13.2 Å². The second kappa shape index (κ2) is 20.9. The lowest BCUT2D eigenvalue weighted by Gasteiger charge is -2.46. The van der Waals surface area contributed by atoms with Crippen molar-refractivity contribution in [2.75, 3.05) is 51.2 Å². The zero-order chi connectivity index (χ0) is 59.7. The van der Waals surface area contributed by atoms with Crippen molar-refractivity contribution in [2.45, 2.75) is 84.0 Å². The fraction of sp³-hybridized carbons (Fsp3) is 0.317. The van der Waals surface area contributed by atoms with Crippen LogP contribution in [0.3, 0.4) is 0 Å². The second-order valence-corrected chi connectivity index (χ2v) is 23.6. The van der Waals surface area contributed by atoms with E-state index in [1.54, 1.807) is 67.9 Å². The standard InChI is InChI=1S/C63H59F3N18O3/c1-33-16-48(75-83-27-35(3)72-58(33)83)38-19-47(65)56-51(21-38)71-31-81(63(56)87)42-10-14-77(5)53(25-42)52-29-78(15-13-68-52)41-6-7-44-49(24-41)69-32-82(61(44)85)54-22-39(59-73-36(4)28-84(59)76-54)17-43-23-45(57(66)60-74-34(2)26-79(43)60)37-18-46(64)55-50(20-37)70-30-80(62(55)86)40-8-11-67-12-9-40/h6-7,16,18-24,26-28,30-32,40,42,52-53,67-68H,8-15,17,25,29H2,1-5H3. The third kappa shape index (κ3) is 9.31. The number of piperazine rings is 1. The first kappa shape index (κ1) is 54.2. The lowest BCUT2D eigenvalue weighted by Crippen LogP contribution is -2.61. The predicted molar refractivity (Wildman–Crippen MR) is 324 cm³/mol. The quantitative estimate of drug-likeness (QED) is 0.147. The maximum absolute atomic E-state index is 16.8. The average Bonchev–Trinajstić information content (AvgIpc) is 3.27. The van der Waals surface area contributed by atoms with Gasteiger partial charge in [0, 0.05) is 91.0 Å². The molecule has 0 amide bonds. The lowest BCUT2D eigenvalue weighted by atomic mass is 9.90. The molecule has 3 aliphatic rings. The zero-order valence-electron chi connectivity index (χ0n) is 48.3. The van der Waals surface area contributed by atoms with Gasteiger partial charge in [0.25, 0.3) is 16.7 Å². The highest BCUT2D eigenvalue weighted by molar-refractivity contribution is 5.86. The van der Waals surface area contributed by atoms with Crippen molar-refractivity contribution in [1.29, 1.82) is 0 Å². The highest BCUT2D eigenvalue weighted by Gasteiger charge is 2.36. The second-order valence-electron chi connectivity index (χ2n) is 23.6. The fourth-order valence-corrected chi connectivity index (χ4v) is 13.5. The molecule has 440 valence electrons. The molecule has 0 radical (unpaired) electrons. The van der Waals surface area contributed by atoms with Gasteiger partial charge in [0.15, 0.2) is 28.6 Å². The van der Waals surface area contributed by atoms with Crippen LogP contribution in [0.1, 0.15) is 71.7 Å². The highest BCUT2D eigenvalue weighted by Crippen LogP contribution is 2.35. The molecule has 3 unspecified atom stereocenters. The number of rotatable bonds is 9. The molecule has 0 aliphatic carbocycles. The molecule has 87 heavy (non-hydrogen) atoms. The molecule has 3 aliphatic heterocycles. The number of aryl methyl sites for hydroxylation is 4. The first-order valence-corrected chi connectivity index (χ1v) is 29.3. The molecule has 12 heterocycles. The van der Waals surface area contributed by atoms with Gasteiger partial charge in [-0.15, -0.1) is 5.10 Å². The topological polar surface area (TPSA) is 213 Å². The fourth-order valence-electron chi connectivity index (χ4n) is 13.5. The van der Waals surface area contributed by atoms with Gasteiger partial charge in [-0.05, 0) is 145 Å².